The molecule has 0 radical (unpaired) electrons. The van der Waals surface area contributed by atoms with Crippen molar-refractivity contribution in [3.05, 3.63) is 63.6 Å². The number of rotatable bonds is 5. The number of nitrogens with one attached hydrogen (secondary N) is 1. The van der Waals surface area contributed by atoms with Crippen LogP contribution in [0.25, 0.3) is 0 Å². The van der Waals surface area contributed by atoms with Crippen LogP contribution in [0.1, 0.15) is 11.1 Å². The summed E-state index contributed by atoms with van der Waals surface area (Å²) >= 11 is 12.0. The standard InChI is InChI=1S/C15H15Cl2NO.ClH/c1-19-14-6-2-11(3-7-14)9-18-10-12-4-5-13(16)8-15(12)17;/h2-8,18H,9-10H2,1H3;1H/p-1. The number of ether oxygens (including phenoxy) is 1. The van der Waals surface area contributed by atoms with Gasteiger partial charge < -0.3 is 22.5 Å². The Hall–Kier alpha value is -0.930. The van der Waals surface area contributed by atoms with E-state index < -0.39 is 0 Å². The summed E-state index contributed by atoms with van der Waals surface area (Å²) < 4.78 is 5.12. The third kappa shape index (κ3) is 4.88. The fraction of sp³-hybridized carbons (Fsp3) is 0.200. The average molecular weight is 332 g/mol. The van der Waals surface area contributed by atoms with Gasteiger partial charge in [-0.25, -0.2) is 0 Å². The Bertz CT molecular complexity index is 543. The lowest BCUT2D eigenvalue weighted by Crippen LogP contribution is -3.00. The third-order valence-electron chi connectivity index (χ3n) is 2.82. The van der Waals surface area contributed by atoms with Gasteiger partial charge in [0, 0.05) is 23.1 Å². The molecule has 0 atom stereocenters. The molecule has 2 aromatic rings. The normalized spacial score (nSPS) is 9.95. The van der Waals surface area contributed by atoms with Gasteiger partial charge >= 0.3 is 0 Å². The van der Waals surface area contributed by atoms with Crippen LogP contribution >= 0.6 is 23.2 Å². The van der Waals surface area contributed by atoms with Gasteiger partial charge in [0.2, 0.25) is 0 Å². The Labute approximate surface area is 135 Å². The smallest absolute Gasteiger partial charge is 0.118 e. The largest absolute Gasteiger partial charge is 1.00 e. The summed E-state index contributed by atoms with van der Waals surface area (Å²) in [5.74, 6) is 0.865. The average Bonchev–Trinajstić information content (AvgIpc) is 2.42. The summed E-state index contributed by atoms with van der Waals surface area (Å²) in [6, 6.07) is 13.5. The molecule has 2 nitrogen and oxygen atoms in total. The molecule has 0 saturated carbocycles. The Morgan fingerprint density at radius 3 is 2.30 bits per heavy atom. The highest BCUT2D eigenvalue weighted by molar-refractivity contribution is 6.35. The van der Waals surface area contributed by atoms with Gasteiger partial charge in [-0.15, -0.1) is 0 Å². The molecule has 0 heterocycles. The first kappa shape index (κ1) is 17.1. The third-order valence-corrected chi connectivity index (χ3v) is 3.41. The van der Waals surface area contributed by atoms with Crippen molar-refractivity contribution in [1.82, 2.24) is 5.32 Å². The van der Waals surface area contributed by atoms with Gasteiger partial charge in [-0.1, -0.05) is 41.4 Å². The lowest BCUT2D eigenvalue weighted by Gasteiger charge is -2.08. The van der Waals surface area contributed by atoms with Crippen LogP contribution in [0, 0.1) is 0 Å². The molecule has 0 unspecified atom stereocenters. The lowest BCUT2D eigenvalue weighted by atomic mass is 10.2. The summed E-state index contributed by atoms with van der Waals surface area (Å²) in [7, 11) is 1.66. The first-order valence-electron chi connectivity index (χ1n) is 5.96. The summed E-state index contributed by atoms with van der Waals surface area (Å²) in [5.41, 5.74) is 2.24. The number of hydrogen-bond acceptors (Lipinski definition) is 2. The van der Waals surface area contributed by atoms with Crippen molar-refractivity contribution >= 4 is 23.2 Å². The van der Waals surface area contributed by atoms with Gasteiger partial charge in [0.15, 0.2) is 0 Å². The summed E-state index contributed by atoms with van der Waals surface area (Å²) in [5, 5.41) is 4.69. The van der Waals surface area contributed by atoms with Crippen molar-refractivity contribution in [3.8, 4) is 5.75 Å². The van der Waals surface area contributed by atoms with Crippen LogP contribution in [0.15, 0.2) is 42.5 Å². The van der Waals surface area contributed by atoms with Crippen molar-refractivity contribution in [2.24, 2.45) is 0 Å². The Morgan fingerprint density at radius 1 is 1.00 bits per heavy atom. The van der Waals surface area contributed by atoms with E-state index >= 15 is 0 Å². The van der Waals surface area contributed by atoms with Crippen molar-refractivity contribution in [2.75, 3.05) is 7.11 Å². The van der Waals surface area contributed by atoms with E-state index in [1.807, 2.05) is 36.4 Å². The maximum absolute atomic E-state index is 6.11. The van der Waals surface area contributed by atoms with E-state index in [9.17, 15) is 0 Å². The molecule has 0 aliphatic heterocycles. The Morgan fingerprint density at radius 2 is 1.70 bits per heavy atom. The highest BCUT2D eigenvalue weighted by Crippen LogP contribution is 2.20. The minimum Gasteiger partial charge on any atom is -1.00 e. The molecule has 0 bridgehead atoms. The number of methoxy groups -OCH3 is 1. The van der Waals surface area contributed by atoms with Crippen LogP contribution in [0.4, 0.5) is 0 Å². The van der Waals surface area contributed by atoms with E-state index in [0.29, 0.717) is 16.6 Å². The first-order chi connectivity index (χ1) is 9.19. The van der Waals surface area contributed by atoms with E-state index in [0.717, 1.165) is 17.9 Å². The van der Waals surface area contributed by atoms with Crippen LogP contribution < -0.4 is 22.5 Å². The van der Waals surface area contributed by atoms with E-state index in [1.165, 1.54) is 5.56 Å². The molecule has 1 N–H and O–H groups in total. The molecule has 0 saturated heterocycles. The zero-order valence-corrected chi connectivity index (χ0v) is 13.3. The number of benzene rings is 2. The molecule has 0 fully saturated rings. The van der Waals surface area contributed by atoms with Crippen LogP contribution in [-0.2, 0) is 13.1 Å². The second kappa shape index (κ2) is 8.38. The van der Waals surface area contributed by atoms with Crippen molar-refractivity contribution in [2.45, 2.75) is 13.1 Å². The highest BCUT2D eigenvalue weighted by Gasteiger charge is 2.01. The zero-order chi connectivity index (χ0) is 13.7. The Balaban J connectivity index is 0.00000200. The molecule has 2 rings (SSSR count). The molecule has 0 aromatic heterocycles. The lowest BCUT2D eigenvalue weighted by molar-refractivity contribution is -0.00000400. The van der Waals surface area contributed by atoms with Gasteiger partial charge in [-0.05, 0) is 35.4 Å². The molecule has 108 valence electrons. The molecule has 20 heavy (non-hydrogen) atoms. The summed E-state index contributed by atoms with van der Waals surface area (Å²) in [6.07, 6.45) is 0. The molecule has 0 aliphatic rings. The quantitative estimate of drug-likeness (QED) is 0.892. The minimum absolute atomic E-state index is 0. The molecule has 5 heteroatoms. The highest BCUT2D eigenvalue weighted by atomic mass is 35.5. The predicted molar refractivity (Wildman–Crippen MR) is 80.0 cm³/mol. The Kier molecular flexibility index (Phi) is 7.17. The van der Waals surface area contributed by atoms with E-state index in [-0.39, 0.29) is 12.4 Å². The SMILES string of the molecule is COc1ccc(CNCc2ccc(Cl)cc2Cl)cc1.[Cl-]. The molecule has 0 amide bonds. The fourth-order valence-corrected chi connectivity index (χ4v) is 2.23. The second-order valence-electron chi connectivity index (χ2n) is 4.19. The van der Waals surface area contributed by atoms with Crippen molar-refractivity contribution < 1.29 is 17.1 Å². The van der Waals surface area contributed by atoms with Gasteiger partial charge in [-0.3, -0.25) is 0 Å². The summed E-state index contributed by atoms with van der Waals surface area (Å²) in [4.78, 5) is 0. The van der Waals surface area contributed by atoms with Crippen LogP contribution in [0.2, 0.25) is 10.0 Å². The van der Waals surface area contributed by atoms with Gasteiger partial charge in [0.05, 0.1) is 7.11 Å². The maximum Gasteiger partial charge on any atom is 0.118 e. The molecule has 0 aliphatic carbocycles. The minimum atomic E-state index is 0. The molecule has 2 aromatic carbocycles. The molecule has 0 spiro atoms. The van der Waals surface area contributed by atoms with Crippen molar-refractivity contribution in [3.63, 3.8) is 0 Å². The van der Waals surface area contributed by atoms with Crippen LogP contribution in [-0.4, -0.2) is 7.11 Å². The van der Waals surface area contributed by atoms with Gasteiger partial charge in [-0.2, -0.15) is 0 Å². The van der Waals surface area contributed by atoms with E-state index in [1.54, 1.807) is 13.2 Å². The topological polar surface area (TPSA) is 21.3 Å². The van der Waals surface area contributed by atoms with E-state index in [2.05, 4.69) is 5.32 Å². The van der Waals surface area contributed by atoms with Crippen molar-refractivity contribution in [1.29, 1.82) is 0 Å². The second-order valence-corrected chi connectivity index (χ2v) is 5.03. The molecular weight excluding hydrogens is 317 g/mol. The van der Waals surface area contributed by atoms with Crippen LogP contribution in [0.3, 0.4) is 0 Å². The number of halogens is 3. The zero-order valence-electron chi connectivity index (χ0n) is 11.0. The van der Waals surface area contributed by atoms with Gasteiger partial charge in [0.25, 0.3) is 0 Å². The van der Waals surface area contributed by atoms with Gasteiger partial charge in [0.1, 0.15) is 5.75 Å². The fourth-order valence-electron chi connectivity index (χ4n) is 1.75. The molecular formula is C15H15Cl3NO-. The summed E-state index contributed by atoms with van der Waals surface area (Å²) in [6.45, 7) is 1.49. The van der Waals surface area contributed by atoms with E-state index in [4.69, 9.17) is 27.9 Å². The van der Waals surface area contributed by atoms with Crippen LogP contribution in [0.5, 0.6) is 5.75 Å². The maximum atomic E-state index is 6.11. The number of hydrogen-bond donors (Lipinski definition) is 1. The first-order valence-corrected chi connectivity index (χ1v) is 6.72. The monoisotopic (exact) mass is 330 g/mol. The predicted octanol–water partition coefficient (Wildman–Crippen LogP) is 1.30.